The SMILES string of the molecule is CCOc1ccc2ccccc2c1CNCc1ccco1.Cl. The number of hydrogen-bond acceptors (Lipinski definition) is 3. The Labute approximate surface area is 136 Å². The highest BCUT2D eigenvalue weighted by atomic mass is 35.5. The maximum Gasteiger partial charge on any atom is 0.124 e. The van der Waals surface area contributed by atoms with Crippen molar-refractivity contribution < 1.29 is 9.15 Å². The van der Waals surface area contributed by atoms with E-state index in [4.69, 9.17) is 9.15 Å². The lowest BCUT2D eigenvalue weighted by atomic mass is 10.0. The van der Waals surface area contributed by atoms with E-state index in [2.05, 4.69) is 41.7 Å². The third-order valence-corrected chi connectivity index (χ3v) is 3.48. The highest BCUT2D eigenvalue weighted by Crippen LogP contribution is 2.28. The Balaban J connectivity index is 0.00000176. The minimum Gasteiger partial charge on any atom is -0.494 e. The van der Waals surface area contributed by atoms with Crippen LogP contribution in [0.5, 0.6) is 5.75 Å². The van der Waals surface area contributed by atoms with Gasteiger partial charge >= 0.3 is 0 Å². The summed E-state index contributed by atoms with van der Waals surface area (Å²) >= 11 is 0. The van der Waals surface area contributed by atoms with Crippen molar-refractivity contribution in [2.45, 2.75) is 20.0 Å². The monoisotopic (exact) mass is 317 g/mol. The average molecular weight is 318 g/mol. The molecule has 22 heavy (non-hydrogen) atoms. The van der Waals surface area contributed by atoms with Gasteiger partial charge in [0.1, 0.15) is 11.5 Å². The first-order chi connectivity index (χ1) is 10.4. The number of hydrogen-bond donors (Lipinski definition) is 1. The van der Waals surface area contributed by atoms with Crippen molar-refractivity contribution in [2.75, 3.05) is 6.61 Å². The zero-order valence-electron chi connectivity index (χ0n) is 12.5. The molecular formula is C18H20ClNO2. The first-order valence-corrected chi connectivity index (χ1v) is 7.25. The molecule has 1 aromatic heterocycles. The van der Waals surface area contributed by atoms with Crippen LogP contribution in [0.15, 0.2) is 59.2 Å². The summed E-state index contributed by atoms with van der Waals surface area (Å²) < 4.78 is 11.1. The molecule has 3 rings (SSSR count). The molecule has 0 saturated heterocycles. The summed E-state index contributed by atoms with van der Waals surface area (Å²) in [6.45, 7) is 4.14. The number of furan rings is 1. The van der Waals surface area contributed by atoms with E-state index in [-0.39, 0.29) is 12.4 Å². The Morgan fingerprint density at radius 2 is 1.86 bits per heavy atom. The molecule has 1 N–H and O–H groups in total. The Morgan fingerprint density at radius 3 is 2.64 bits per heavy atom. The molecule has 2 aromatic carbocycles. The fourth-order valence-electron chi connectivity index (χ4n) is 2.51. The minimum absolute atomic E-state index is 0. The van der Waals surface area contributed by atoms with Crippen molar-refractivity contribution in [3.05, 3.63) is 66.1 Å². The molecule has 0 aliphatic heterocycles. The van der Waals surface area contributed by atoms with Crippen LogP contribution in [0.3, 0.4) is 0 Å². The van der Waals surface area contributed by atoms with Crippen LogP contribution in [0.4, 0.5) is 0 Å². The second-order valence-electron chi connectivity index (χ2n) is 4.88. The summed E-state index contributed by atoms with van der Waals surface area (Å²) in [6.07, 6.45) is 1.69. The topological polar surface area (TPSA) is 34.4 Å². The van der Waals surface area contributed by atoms with Crippen LogP contribution >= 0.6 is 12.4 Å². The van der Waals surface area contributed by atoms with Crippen LogP contribution in [-0.4, -0.2) is 6.61 Å². The molecule has 0 amide bonds. The second kappa shape index (κ2) is 7.87. The zero-order chi connectivity index (χ0) is 14.5. The van der Waals surface area contributed by atoms with E-state index in [1.54, 1.807) is 6.26 Å². The average Bonchev–Trinajstić information content (AvgIpc) is 3.02. The van der Waals surface area contributed by atoms with Gasteiger partial charge in [-0.2, -0.15) is 0 Å². The molecule has 0 bridgehead atoms. The Hall–Kier alpha value is -1.97. The molecule has 0 fully saturated rings. The highest BCUT2D eigenvalue weighted by molar-refractivity contribution is 5.87. The van der Waals surface area contributed by atoms with Crippen molar-refractivity contribution >= 4 is 23.2 Å². The van der Waals surface area contributed by atoms with Crippen molar-refractivity contribution in [1.29, 1.82) is 0 Å². The maximum absolute atomic E-state index is 5.77. The number of benzene rings is 2. The smallest absolute Gasteiger partial charge is 0.124 e. The Morgan fingerprint density at radius 1 is 1.00 bits per heavy atom. The molecule has 3 aromatic rings. The normalized spacial score (nSPS) is 10.4. The van der Waals surface area contributed by atoms with Crippen molar-refractivity contribution in [3.8, 4) is 5.75 Å². The van der Waals surface area contributed by atoms with E-state index in [1.165, 1.54) is 16.3 Å². The predicted molar refractivity (Wildman–Crippen MR) is 91.6 cm³/mol. The van der Waals surface area contributed by atoms with E-state index < -0.39 is 0 Å². The van der Waals surface area contributed by atoms with Crippen molar-refractivity contribution in [3.63, 3.8) is 0 Å². The van der Waals surface area contributed by atoms with Gasteiger partial charge in [-0.15, -0.1) is 12.4 Å². The van der Waals surface area contributed by atoms with Gasteiger partial charge in [0.05, 0.1) is 19.4 Å². The molecule has 4 heteroatoms. The first-order valence-electron chi connectivity index (χ1n) is 7.25. The summed E-state index contributed by atoms with van der Waals surface area (Å²) in [4.78, 5) is 0. The van der Waals surface area contributed by atoms with E-state index in [1.807, 2.05) is 19.1 Å². The molecule has 0 aliphatic carbocycles. The van der Waals surface area contributed by atoms with Gasteiger partial charge in [-0.3, -0.25) is 0 Å². The summed E-state index contributed by atoms with van der Waals surface area (Å²) in [5.74, 6) is 1.89. The highest BCUT2D eigenvalue weighted by Gasteiger charge is 2.08. The number of nitrogens with one attached hydrogen (secondary N) is 1. The first kappa shape index (κ1) is 16.4. The molecule has 116 valence electrons. The van der Waals surface area contributed by atoms with E-state index >= 15 is 0 Å². The Bertz CT molecular complexity index is 710. The van der Waals surface area contributed by atoms with Crippen molar-refractivity contribution in [1.82, 2.24) is 5.32 Å². The third kappa shape index (κ3) is 3.62. The van der Waals surface area contributed by atoms with Gasteiger partial charge in [-0.05, 0) is 35.9 Å². The van der Waals surface area contributed by atoms with E-state index in [9.17, 15) is 0 Å². The maximum atomic E-state index is 5.77. The third-order valence-electron chi connectivity index (χ3n) is 3.48. The van der Waals surface area contributed by atoms with Gasteiger partial charge in [0, 0.05) is 12.1 Å². The van der Waals surface area contributed by atoms with Crippen LogP contribution in [-0.2, 0) is 13.1 Å². The van der Waals surface area contributed by atoms with E-state index in [0.29, 0.717) is 13.2 Å². The van der Waals surface area contributed by atoms with Gasteiger partial charge < -0.3 is 14.5 Å². The molecule has 0 aliphatic rings. The molecule has 0 radical (unpaired) electrons. The van der Waals surface area contributed by atoms with Gasteiger partial charge in [-0.1, -0.05) is 30.3 Å². The van der Waals surface area contributed by atoms with Crippen LogP contribution < -0.4 is 10.1 Å². The molecule has 1 heterocycles. The molecule has 0 atom stereocenters. The van der Waals surface area contributed by atoms with E-state index in [0.717, 1.165) is 18.1 Å². The lowest BCUT2D eigenvalue weighted by Gasteiger charge is -2.14. The second-order valence-corrected chi connectivity index (χ2v) is 4.88. The molecular weight excluding hydrogens is 298 g/mol. The molecule has 0 unspecified atom stereocenters. The fourth-order valence-corrected chi connectivity index (χ4v) is 2.51. The molecule has 3 nitrogen and oxygen atoms in total. The van der Waals surface area contributed by atoms with Crippen LogP contribution in [0.1, 0.15) is 18.2 Å². The summed E-state index contributed by atoms with van der Waals surface area (Å²) in [7, 11) is 0. The van der Waals surface area contributed by atoms with Gasteiger partial charge in [0.15, 0.2) is 0 Å². The number of halogens is 1. The van der Waals surface area contributed by atoms with Crippen LogP contribution in [0.25, 0.3) is 10.8 Å². The largest absolute Gasteiger partial charge is 0.494 e. The molecule has 0 spiro atoms. The fraction of sp³-hybridized carbons (Fsp3) is 0.222. The van der Waals surface area contributed by atoms with Crippen molar-refractivity contribution in [2.24, 2.45) is 0 Å². The molecule has 0 saturated carbocycles. The number of ether oxygens (including phenoxy) is 1. The zero-order valence-corrected chi connectivity index (χ0v) is 13.4. The summed E-state index contributed by atoms with van der Waals surface area (Å²) in [5, 5.41) is 5.89. The lowest BCUT2D eigenvalue weighted by molar-refractivity contribution is 0.336. The summed E-state index contributed by atoms with van der Waals surface area (Å²) in [6, 6.07) is 16.4. The van der Waals surface area contributed by atoms with Crippen LogP contribution in [0, 0.1) is 0 Å². The summed E-state index contributed by atoms with van der Waals surface area (Å²) in [5.41, 5.74) is 1.20. The van der Waals surface area contributed by atoms with Gasteiger partial charge in [-0.25, -0.2) is 0 Å². The number of fused-ring (bicyclic) bond motifs is 1. The number of rotatable bonds is 6. The quantitative estimate of drug-likeness (QED) is 0.724. The lowest BCUT2D eigenvalue weighted by Crippen LogP contribution is -2.13. The van der Waals surface area contributed by atoms with Gasteiger partial charge in [0.25, 0.3) is 0 Å². The standard InChI is InChI=1S/C18H19NO2.ClH/c1-2-20-18-10-9-14-6-3-4-8-16(14)17(18)13-19-12-15-7-5-11-21-15;/h3-11,19H,2,12-13H2,1H3;1H. The van der Waals surface area contributed by atoms with Crippen LogP contribution in [0.2, 0.25) is 0 Å². The minimum atomic E-state index is 0. The van der Waals surface area contributed by atoms with Gasteiger partial charge in [0.2, 0.25) is 0 Å². The predicted octanol–water partition coefficient (Wildman–Crippen LogP) is 4.54. The Kier molecular flexibility index (Phi) is 5.87.